The normalized spacial score (nSPS) is 16.2. The van der Waals surface area contributed by atoms with Crippen molar-refractivity contribution in [2.45, 2.75) is 51.2 Å². The quantitative estimate of drug-likeness (QED) is 0.862. The molecule has 0 radical (unpaired) electrons. The maximum Gasteiger partial charge on any atom is 0.253 e. The molecule has 1 aromatic rings. The number of halogens is 1. The van der Waals surface area contributed by atoms with Crippen molar-refractivity contribution < 1.29 is 14.3 Å². The van der Waals surface area contributed by atoms with Crippen LogP contribution in [0.5, 0.6) is 5.88 Å². The van der Waals surface area contributed by atoms with E-state index in [2.05, 4.69) is 15.6 Å². The molecule has 7 heteroatoms. The van der Waals surface area contributed by atoms with Crippen LogP contribution in [0.15, 0.2) is 12.3 Å². The minimum atomic E-state index is -0.842. The molecule has 0 unspecified atom stereocenters. The molecule has 0 aliphatic heterocycles. The van der Waals surface area contributed by atoms with Crippen LogP contribution in [-0.4, -0.2) is 35.5 Å². The van der Waals surface area contributed by atoms with E-state index >= 15 is 0 Å². The van der Waals surface area contributed by atoms with Gasteiger partial charge in [0.2, 0.25) is 11.8 Å². The van der Waals surface area contributed by atoms with E-state index in [0.717, 1.165) is 12.8 Å². The summed E-state index contributed by atoms with van der Waals surface area (Å²) < 4.78 is 5.45. The Labute approximate surface area is 140 Å². The number of hydrogen-bond donors (Lipinski definition) is 2. The molecule has 2 rings (SSSR count). The minimum Gasteiger partial charge on any atom is -0.474 e. The SMILES string of the molecule is CNC(=O)C1(NC(=O)c2cnc(OC(C)C)c(Cl)c2)CCCC1. The third kappa shape index (κ3) is 3.93. The zero-order valence-electron chi connectivity index (χ0n) is 13.6. The molecule has 1 aliphatic rings. The number of aromatic nitrogens is 1. The van der Waals surface area contributed by atoms with Crippen LogP contribution in [0, 0.1) is 0 Å². The van der Waals surface area contributed by atoms with Gasteiger partial charge in [0.1, 0.15) is 10.6 Å². The predicted octanol–water partition coefficient (Wildman–Crippen LogP) is 2.31. The van der Waals surface area contributed by atoms with E-state index in [9.17, 15) is 9.59 Å². The number of likely N-dealkylation sites (N-methyl/N-ethyl adjacent to an activating group) is 1. The van der Waals surface area contributed by atoms with Gasteiger partial charge in [-0.05, 0) is 32.8 Å². The van der Waals surface area contributed by atoms with Gasteiger partial charge in [0.05, 0.1) is 11.7 Å². The maximum atomic E-state index is 12.5. The van der Waals surface area contributed by atoms with Crippen LogP contribution in [0.3, 0.4) is 0 Å². The van der Waals surface area contributed by atoms with Crippen molar-refractivity contribution in [1.29, 1.82) is 0 Å². The van der Waals surface area contributed by atoms with E-state index in [1.54, 1.807) is 7.05 Å². The lowest BCUT2D eigenvalue weighted by atomic mass is 9.95. The summed E-state index contributed by atoms with van der Waals surface area (Å²) >= 11 is 6.11. The van der Waals surface area contributed by atoms with Gasteiger partial charge in [0.15, 0.2) is 0 Å². The summed E-state index contributed by atoms with van der Waals surface area (Å²) in [5, 5.41) is 5.76. The van der Waals surface area contributed by atoms with Crippen molar-refractivity contribution in [2.75, 3.05) is 7.05 Å². The Hall–Kier alpha value is -1.82. The van der Waals surface area contributed by atoms with E-state index in [1.165, 1.54) is 12.3 Å². The highest BCUT2D eigenvalue weighted by Crippen LogP contribution is 2.30. The molecular weight excluding hydrogens is 318 g/mol. The Kier molecular flexibility index (Phi) is 5.46. The number of rotatable bonds is 5. The first-order chi connectivity index (χ1) is 10.9. The lowest BCUT2D eigenvalue weighted by molar-refractivity contribution is -0.126. The highest BCUT2D eigenvalue weighted by atomic mass is 35.5. The predicted molar refractivity (Wildman–Crippen MR) is 87.7 cm³/mol. The average molecular weight is 340 g/mol. The molecule has 1 fully saturated rings. The molecule has 1 saturated carbocycles. The molecule has 126 valence electrons. The van der Waals surface area contributed by atoms with Gasteiger partial charge in [-0.25, -0.2) is 4.98 Å². The Morgan fingerprint density at radius 2 is 2.00 bits per heavy atom. The number of carbonyl (C=O) groups excluding carboxylic acids is 2. The highest BCUT2D eigenvalue weighted by Gasteiger charge is 2.42. The molecule has 0 atom stereocenters. The van der Waals surface area contributed by atoms with Crippen molar-refractivity contribution in [3.05, 3.63) is 22.8 Å². The molecule has 2 amide bonds. The number of ether oxygens (including phenoxy) is 1. The zero-order chi connectivity index (χ0) is 17.0. The summed E-state index contributed by atoms with van der Waals surface area (Å²) in [6, 6.07) is 1.51. The number of hydrogen-bond acceptors (Lipinski definition) is 4. The van der Waals surface area contributed by atoms with Gasteiger partial charge in [0, 0.05) is 13.2 Å². The molecule has 1 heterocycles. The lowest BCUT2D eigenvalue weighted by Gasteiger charge is -2.28. The van der Waals surface area contributed by atoms with Gasteiger partial charge >= 0.3 is 0 Å². The summed E-state index contributed by atoms with van der Waals surface area (Å²) in [4.78, 5) is 28.7. The van der Waals surface area contributed by atoms with Gasteiger partial charge in [-0.1, -0.05) is 24.4 Å². The van der Waals surface area contributed by atoms with Crippen LogP contribution >= 0.6 is 11.6 Å². The standard InChI is InChI=1S/C16H22ClN3O3/c1-10(2)23-14-12(17)8-11(9-19-14)13(21)20-16(15(22)18-3)6-4-5-7-16/h8-10H,4-7H2,1-3H3,(H,18,22)(H,20,21). The molecule has 23 heavy (non-hydrogen) atoms. The van der Waals surface area contributed by atoms with Crippen molar-refractivity contribution in [2.24, 2.45) is 0 Å². The van der Waals surface area contributed by atoms with Gasteiger partial charge in [-0.3, -0.25) is 9.59 Å². The van der Waals surface area contributed by atoms with Crippen LogP contribution in [0.25, 0.3) is 0 Å². The van der Waals surface area contributed by atoms with Crippen LogP contribution in [0.4, 0.5) is 0 Å². The fourth-order valence-corrected chi connectivity index (χ4v) is 2.99. The Morgan fingerprint density at radius 3 is 2.52 bits per heavy atom. The number of pyridine rings is 1. The van der Waals surface area contributed by atoms with E-state index < -0.39 is 5.54 Å². The maximum absolute atomic E-state index is 12.5. The largest absolute Gasteiger partial charge is 0.474 e. The third-order valence-electron chi connectivity index (χ3n) is 3.89. The average Bonchev–Trinajstić information content (AvgIpc) is 2.97. The molecule has 0 bridgehead atoms. The number of amides is 2. The molecule has 1 aromatic heterocycles. The zero-order valence-corrected chi connectivity index (χ0v) is 14.4. The van der Waals surface area contributed by atoms with Crippen molar-refractivity contribution in [3.63, 3.8) is 0 Å². The van der Waals surface area contributed by atoms with E-state index in [-0.39, 0.29) is 22.9 Å². The van der Waals surface area contributed by atoms with Gasteiger partial charge in [0.25, 0.3) is 5.91 Å². The molecule has 0 aromatic carbocycles. The first-order valence-corrected chi connectivity index (χ1v) is 8.12. The summed E-state index contributed by atoms with van der Waals surface area (Å²) in [5.41, 5.74) is -0.535. The monoisotopic (exact) mass is 339 g/mol. The Bertz CT molecular complexity index is 598. The first-order valence-electron chi connectivity index (χ1n) is 7.75. The fraction of sp³-hybridized carbons (Fsp3) is 0.562. The number of nitrogens with one attached hydrogen (secondary N) is 2. The topological polar surface area (TPSA) is 80.3 Å². The van der Waals surface area contributed by atoms with Gasteiger partial charge in [-0.2, -0.15) is 0 Å². The molecule has 1 aliphatic carbocycles. The Morgan fingerprint density at radius 1 is 1.35 bits per heavy atom. The molecular formula is C16H22ClN3O3. The van der Waals surface area contributed by atoms with Crippen LogP contribution < -0.4 is 15.4 Å². The second kappa shape index (κ2) is 7.17. The van der Waals surface area contributed by atoms with Crippen LogP contribution in [0.1, 0.15) is 49.9 Å². The second-order valence-electron chi connectivity index (χ2n) is 6.00. The summed E-state index contributed by atoms with van der Waals surface area (Å²) in [5.74, 6) is -0.233. The third-order valence-corrected chi connectivity index (χ3v) is 4.16. The first kappa shape index (κ1) is 17.5. The highest BCUT2D eigenvalue weighted by molar-refractivity contribution is 6.32. The van der Waals surface area contributed by atoms with Crippen molar-refractivity contribution >= 4 is 23.4 Å². The van der Waals surface area contributed by atoms with E-state index in [0.29, 0.717) is 24.3 Å². The van der Waals surface area contributed by atoms with Gasteiger partial charge in [-0.15, -0.1) is 0 Å². The smallest absolute Gasteiger partial charge is 0.253 e. The summed E-state index contributed by atoms with van der Waals surface area (Å²) in [6.07, 6.45) is 4.43. The Balaban J connectivity index is 2.17. The summed E-state index contributed by atoms with van der Waals surface area (Å²) in [6.45, 7) is 3.73. The lowest BCUT2D eigenvalue weighted by Crippen LogP contribution is -2.56. The molecule has 0 saturated heterocycles. The van der Waals surface area contributed by atoms with E-state index in [4.69, 9.17) is 16.3 Å². The van der Waals surface area contributed by atoms with Crippen LogP contribution in [0.2, 0.25) is 5.02 Å². The minimum absolute atomic E-state index is 0.0605. The molecule has 2 N–H and O–H groups in total. The van der Waals surface area contributed by atoms with Crippen LogP contribution in [-0.2, 0) is 4.79 Å². The number of carbonyl (C=O) groups is 2. The second-order valence-corrected chi connectivity index (χ2v) is 6.41. The fourth-order valence-electron chi connectivity index (χ4n) is 2.78. The van der Waals surface area contributed by atoms with Crippen molar-refractivity contribution in [3.8, 4) is 5.88 Å². The van der Waals surface area contributed by atoms with Gasteiger partial charge < -0.3 is 15.4 Å². The van der Waals surface area contributed by atoms with Crippen molar-refractivity contribution in [1.82, 2.24) is 15.6 Å². The van der Waals surface area contributed by atoms with E-state index in [1.807, 2.05) is 13.8 Å². The number of nitrogens with zero attached hydrogens (tertiary/aromatic N) is 1. The molecule has 0 spiro atoms. The summed E-state index contributed by atoms with van der Waals surface area (Å²) in [7, 11) is 1.57. The molecule has 6 nitrogen and oxygen atoms in total.